The van der Waals surface area contributed by atoms with Gasteiger partial charge in [-0.15, -0.1) is 0 Å². The van der Waals surface area contributed by atoms with E-state index in [1.165, 1.54) is 0 Å². The van der Waals surface area contributed by atoms with Crippen LogP contribution in [0, 0.1) is 11.6 Å². The van der Waals surface area contributed by atoms with E-state index in [9.17, 15) is 26.0 Å². The second-order valence-electron chi connectivity index (χ2n) is 3.49. The van der Waals surface area contributed by atoms with Gasteiger partial charge >= 0.3 is 0 Å². The topological polar surface area (TPSA) is 63.4 Å². The van der Waals surface area contributed by atoms with Crippen LogP contribution in [0.15, 0.2) is 17.0 Å². The number of hydrogen-bond donors (Lipinski definition) is 1. The molecule has 0 aliphatic carbocycles. The molecule has 0 fully saturated rings. The Labute approximate surface area is 101 Å². The Morgan fingerprint density at radius 2 is 1.89 bits per heavy atom. The van der Waals surface area contributed by atoms with Crippen molar-refractivity contribution in [3.05, 3.63) is 23.8 Å². The molecule has 0 radical (unpaired) electrons. The fraction of sp³-hybridized carbons (Fsp3) is 0.333. The average Bonchev–Trinajstić information content (AvgIpc) is 2.22. The third kappa shape index (κ3) is 2.91. The zero-order valence-electron chi connectivity index (χ0n) is 9.20. The van der Waals surface area contributed by atoms with Crippen molar-refractivity contribution in [1.82, 2.24) is 4.31 Å². The van der Waals surface area contributed by atoms with E-state index in [2.05, 4.69) is 0 Å². The van der Waals surface area contributed by atoms with E-state index in [-0.39, 0.29) is 9.99 Å². The summed E-state index contributed by atoms with van der Waals surface area (Å²) in [5.41, 5.74) is 4.87. The number of hydrogen-bond acceptors (Lipinski definition) is 3. The smallest absolute Gasteiger partial charge is 0.252 e. The molecule has 0 atom stereocenters. The van der Waals surface area contributed by atoms with E-state index in [4.69, 9.17) is 5.73 Å². The van der Waals surface area contributed by atoms with E-state index in [0.29, 0.717) is 12.1 Å². The van der Waals surface area contributed by atoms with Crippen molar-refractivity contribution in [1.29, 1.82) is 0 Å². The van der Waals surface area contributed by atoms with Gasteiger partial charge < -0.3 is 5.73 Å². The molecular formula is C9H10F4N2O2S. The molecule has 0 aliphatic rings. The fourth-order valence-corrected chi connectivity index (χ4v) is 2.49. The average molecular weight is 286 g/mol. The van der Waals surface area contributed by atoms with Crippen molar-refractivity contribution in [3.63, 3.8) is 0 Å². The lowest BCUT2D eigenvalue weighted by Crippen LogP contribution is -2.32. The Balaban J connectivity index is 3.29. The van der Waals surface area contributed by atoms with Gasteiger partial charge in [0.15, 0.2) is 11.6 Å². The minimum atomic E-state index is -4.55. The molecule has 4 nitrogen and oxygen atoms in total. The Morgan fingerprint density at radius 1 is 1.33 bits per heavy atom. The zero-order chi connectivity index (χ0) is 14.1. The van der Waals surface area contributed by atoms with Gasteiger partial charge in [0, 0.05) is 12.7 Å². The van der Waals surface area contributed by atoms with Crippen molar-refractivity contribution in [3.8, 4) is 0 Å². The second-order valence-corrected chi connectivity index (χ2v) is 5.50. The quantitative estimate of drug-likeness (QED) is 0.673. The van der Waals surface area contributed by atoms with E-state index in [0.717, 1.165) is 7.05 Å². The van der Waals surface area contributed by atoms with Crippen LogP contribution in [-0.4, -0.2) is 32.7 Å². The van der Waals surface area contributed by atoms with E-state index in [1.54, 1.807) is 0 Å². The zero-order valence-corrected chi connectivity index (χ0v) is 10.0. The normalized spacial score (nSPS) is 12.4. The van der Waals surface area contributed by atoms with Gasteiger partial charge in [-0.3, -0.25) is 0 Å². The molecule has 102 valence electrons. The summed E-state index contributed by atoms with van der Waals surface area (Å²) in [5, 5.41) is 0. The summed E-state index contributed by atoms with van der Waals surface area (Å²) >= 11 is 0. The van der Waals surface area contributed by atoms with Crippen LogP contribution in [0.5, 0.6) is 0 Å². The Morgan fingerprint density at radius 3 is 2.39 bits per heavy atom. The summed E-state index contributed by atoms with van der Waals surface area (Å²) in [6, 6.07) is 1.27. The molecule has 0 amide bonds. The van der Waals surface area contributed by atoms with E-state index < -0.39 is 39.5 Å². The SMILES string of the molecule is CN(CC(F)F)S(=O)(=O)c1cc(N)cc(F)c1F. The van der Waals surface area contributed by atoms with Crippen LogP contribution in [0.25, 0.3) is 0 Å². The maximum Gasteiger partial charge on any atom is 0.252 e. The molecule has 9 heteroatoms. The van der Waals surface area contributed by atoms with Crippen molar-refractivity contribution >= 4 is 15.7 Å². The van der Waals surface area contributed by atoms with Crippen LogP contribution in [0.4, 0.5) is 23.2 Å². The van der Waals surface area contributed by atoms with Crippen molar-refractivity contribution in [2.24, 2.45) is 0 Å². The lowest BCUT2D eigenvalue weighted by Gasteiger charge is -2.17. The van der Waals surface area contributed by atoms with Crippen LogP contribution in [0.1, 0.15) is 0 Å². The van der Waals surface area contributed by atoms with Crippen LogP contribution in [0.3, 0.4) is 0 Å². The minimum absolute atomic E-state index is 0.231. The van der Waals surface area contributed by atoms with Gasteiger partial charge in [-0.1, -0.05) is 0 Å². The number of nitrogens with zero attached hydrogens (tertiary/aromatic N) is 1. The molecule has 1 rings (SSSR count). The lowest BCUT2D eigenvalue weighted by atomic mass is 10.3. The molecule has 0 heterocycles. The fourth-order valence-electron chi connectivity index (χ4n) is 1.23. The van der Waals surface area contributed by atoms with Gasteiger partial charge in [-0.25, -0.2) is 26.0 Å². The first-order valence-corrected chi connectivity index (χ1v) is 6.09. The Kier molecular flexibility index (Phi) is 4.17. The van der Waals surface area contributed by atoms with Gasteiger partial charge in [-0.05, 0) is 12.1 Å². The predicted molar refractivity (Wildman–Crippen MR) is 56.6 cm³/mol. The number of nitrogens with two attached hydrogens (primary N) is 1. The molecule has 1 aromatic rings. The molecule has 0 aromatic heterocycles. The molecule has 0 bridgehead atoms. The van der Waals surface area contributed by atoms with Crippen LogP contribution in [-0.2, 0) is 10.0 Å². The maximum absolute atomic E-state index is 13.4. The highest BCUT2D eigenvalue weighted by Gasteiger charge is 2.28. The monoisotopic (exact) mass is 286 g/mol. The van der Waals surface area contributed by atoms with E-state index >= 15 is 0 Å². The number of rotatable bonds is 4. The number of alkyl halides is 2. The van der Waals surface area contributed by atoms with Crippen LogP contribution in [0.2, 0.25) is 0 Å². The summed E-state index contributed by atoms with van der Waals surface area (Å²) in [7, 11) is -3.72. The standard InChI is InChI=1S/C9H10F4N2O2S/c1-15(4-8(11)12)18(16,17)7-3-5(14)2-6(10)9(7)13/h2-3,8H,4,14H2,1H3. The maximum atomic E-state index is 13.4. The first-order valence-electron chi connectivity index (χ1n) is 4.65. The molecule has 0 spiro atoms. The van der Waals surface area contributed by atoms with Crippen molar-refractivity contribution < 1.29 is 26.0 Å². The number of anilines is 1. The highest BCUT2D eigenvalue weighted by Crippen LogP contribution is 2.23. The van der Waals surface area contributed by atoms with Crippen molar-refractivity contribution in [2.45, 2.75) is 11.3 Å². The second kappa shape index (κ2) is 5.11. The number of nitrogen functional groups attached to an aromatic ring is 1. The molecule has 0 unspecified atom stereocenters. The Hall–Kier alpha value is -1.35. The van der Waals surface area contributed by atoms with E-state index in [1.807, 2.05) is 0 Å². The number of sulfonamides is 1. The molecular weight excluding hydrogens is 276 g/mol. The van der Waals surface area contributed by atoms with Gasteiger partial charge in [0.05, 0.1) is 6.54 Å². The number of benzene rings is 1. The summed E-state index contributed by atoms with van der Waals surface area (Å²) in [4.78, 5) is -1.07. The first kappa shape index (κ1) is 14.7. The summed E-state index contributed by atoms with van der Waals surface area (Å²) < 4.78 is 74.2. The molecule has 0 saturated carbocycles. The van der Waals surface area contributed by atoms with Gasteiger partial charge in [0.25, 0.3) is 6.43 Å². The number of halogens is 4. The minimum Gasteiger partial charge on any atom is -0.399 e. The molecule has 0 saturated heterocycles. The predicted octanol–water partition coefficient (Wildman–Crippen LogP) is 1.43. The lowest BCUT2D eigenvalue weighted by molar-refractivity contribution is 0.126. The third-order valence-corrected chi connectivity index (χ3v) is 3.92. The highest BCUT2D eigenvalue weighted by atomic mass is 32.2. The largest absolute Gasteiger partial charge is 0.399 e. The molecule has 18 heavy (non-hydrogen) atoms. The highest BCUT2D eigenvalue weighted by molar-refractivity contribution is 7.89. The molecule has 2 N–H and O–H groups in total. The molecule has 0 aliphatic heterocycles. The van der Waals surface area contributed by atoms with Crippen LogP contribution >= 0.6 is 0 Å². The summed E-state index contributed by atoms with van der Waals surface area (Å²) in [6.07, 6.45) is -2.93. The third-order valence-electron chi connectivity index (χ3n) is 2.10. The first-order chi connectivity index (χ1) is 8.16. The van der Waals surface area contributed by atoms with Gasteiger partial charge in [-0.2, -0.15) is 4.31 Å². The van der Waals surface area contributed by atoms with Gasteiger partial charge in [0.2, 0.25) is 10.0 Å². The summed E-state index contributed by atoms with van der Waals surface area (Å²) in [5.74, 6) is -3.11. The Bertz CT molecular complexity index is 548. The van der Waals surface area contributed by atoms with Crippen molar-refractivity contribution in [2.75, 3.05) is 19.3 Å². The van der Waals surface area contributed by atoms with Gasteiger partial charge in [0.1, 0.15) is 4.90 Å². The molecule has 1 aromatic carbocycles. The summed E-state index contributed by atoms with van der Waals surface area (Å²) in [6.45, 7) is -1.13. The van der Waals surface area contributed by atoms with Crippen LogP contribution < -0.4 is 5.73 Å².